The molecule has 1 aromatic heterocycles. The van der Waals surface area contributed by atoms with Gasteiger partial charge in [0.2, 0.25) is 0 Å². The molecule has 0 N–H and O–H groups in total. The molecule has 2 heteroatoms. The molecule has 1 fully saturated rings. The third kappa shape index (κ3) is 2.20. The Labute approximate surface area is 134 Å². The van der Waals surface area contributed by atoms with Crippen LogP contribution in [0.4, 0.5) is 0 Å². The number of hydrogen-bond donors (Lipinski definition) is 0. The third-order valence-electron chi connectivity index (χ3n) is 6.40. The van der Waals surface area contributed by atoms with Gasteiger partial charge in [0.15, 0.2) is 0 Å². The van der Waals surface area contributed by atoms with Gasteiger partial charge in [0.25, 0.3) is 0 Å². The van der Waals surface area contributed by atoms with E-state index in [0.717, 1.165) is 0 Å². The van der Waals surface area contributed by atoms with Crippen molar-refractivity contribution >= 4 is 10.9 Å². The van der Waals surface area contributed by atoms with Gasteiger partial charge in [-0.05, 0) is 62.1 Å². The van der Waals surface area contributed by atoms with Crippen molar-refractivity contribution in [2.45, 2.75) is 45.4 Å². The van der Waals surface area contributed by atoms with E-state index in [1.54, 1.807) is 11.3 Å². The fourth-order valence-electron chi connectivity index (χ4n) is 4.95. The molecule has 1 saturated heterocycles. The molecular weight excluding hydrogens is 268 g/mol. The molecule has 22 heavy (non-hydrogen) atoms. The molecule has 2 aromatic rings. The molecular formula is C20H28N2. The molecule has 0 aliphatic carbocycles. The third-order valence-corrected chi connectivity index (χ3v) is 6.40. The van der Waals surface area contributed by atoms with Crippen LogP contribution in [0.3, 0.4) is 0 Å². The minimum absolute atomic E-state index is 0.566. The maximum atomic E-state index is 2.74. The largest absolute Gasteiger partial charge is 0.347 e. The molecule has 0 radical (unpaired) electrons. The van der Waals surface area contributed by atoms with E-state index in [4.69, 9.17) is 0 Å². The van der Waals surface area contributed by atoms with E-state index in [2.05, 4.69) is 47.7 Å². The lowest BCUT2D eigenvalue weighted by Crippen LogP contribution is -2.43. The molecule has 0 spiro atoms. The van der Waals surface area contributed by atoms with E-state index in [9.17, 15) is 0 Å². The first-order valence-electron chi connectivity index (χ1n) is 9.00. The van der Waals surface area contributed by atoms with Gasteiger partial charge in [-0.3, -0.25) is 0 Å². The minimum atomic E-state index is 0.566. The Hall–Kier alpha value is -1.28. The highest BCUT2D eigenvalue weighted by Crippen LogP contribution is 2.40. The Balaban J connectivity index is 1.80. The lowest BCUT2D eigenvalue weighted by Gasteiger charge is -2.42. The number of fused-ring (bicyclic) bond motifs is 5. The Morgan fingerprint density at radius 1 is 1.09 bits per heavy atom. The van der Waals surface area contributed by atoms with Gasteiger partial charge in [-0.2, -0.15) is 0 Å². The number of rotatable bonds is 1. The topological polar surface area (TPSA) is 8.17 Å². The zero-order valence-corrected chi connectivity index (χ0v) is 14.1. The fourth-order valence-corrected chi connectivity index (χ4v) is 4.95. The Morgan fingerprint density at radius 2 is 1.95 bits per heavy atom. The van der Waals surface area contributed by atoms with Crippen LogP contribution in [0.2, 0.25) is 0 Å². The van der Waals surface area contributed by atoms with Gasteiger partial charge < -0.3 is 9.47 Å². The zero-order chi connectivity index (χ0) is 15.2. The smallest absolute Gasteiger partial charge is 0.0482 e. The van der Waals surface area contributed by atoms with Crippen molar-refractivity contribution in [1.29, 1.82) is 0 Å². The number of hydrogen-bond acceptors (Lipinski definition) is 1. The predicted molar refractivity (Wildman–Crippen MR) is 93.3 cm³/mol. The summed E-state index contributed by atoms with van der Waals surface area (Å²) in [6.07, 6.45) is 7.99. The minimum Gasteiger partial charge on any atom is -0.347 e. The summed E-state index contributed by atoms with van der Waals surface area (Å²) in [6, 6.07) is 8.98. The van der Waals surface area contributed by atoms with Crippen LogP contribution in [0.25, 0.3) is 10.9 Å². The number of nitrogens with zero attached hydrogens (tertiary/aromatic N) is 2. The van der Waals surface area contributed by atoms with Crippen LogP contribution in [0.1, 0.15) is 43.9 Å². The number of aromatic nitrogens is 1. The number of piperidine rings is 1. The van der Waals surface area contributed by atoms with E-state index in [0.29, 0.717) is 5.41 Å². The summed E-state index contributed by atoms with van der Waals surface area (Å²) >= 11 is 0. The number of para-hydroxylation sites is 1. The Morgan fingerprint density at radius 3 is 2.82 bits per heavy atom. The van der Waals surface area contributed by atoms with Crippen molar-refractivity contribution in [3.63, 3.8) is 0 Å². The molecule has 0 amide bonds. The van der Waals surface area contributed by atoms with Crippen molar-refractivity contribution in [3.8, 4) is 0 Å². The first-order valence-corrected chi connectivity index (χ1v) is 9.00. The predicted octanol–water partition coefficient (Wildman–Crippen LogP) is 4.16. The lowest BCUT2D eigenvalue weighted by molar-refractivity contribution is 0.0788. The van der Waals surface area contributed by atoms with E-state index in [-0.39, 0.29) is 0 Å². The van der Waals surface area contributed by atoms with Gasteiger partial charge >= 0.3 is 0 Å². The second kappa shape index (κ2) is 5.42. The van der Waals surface area contributed by atoms with Gasteiger partial charge in [0.1, 0.15) is 0 Å². The van der Waals surface area contributed by atoms with Crippen LogP contribution in [0.5, 0.6) is 0 Å². The molecule has 2 aliphatic rings. The van der Waals surface area contributed by atoms with E-state index >= 15 is 0 Å². The van der Waals surface area contributed by atoms with Crippen molar-refractivity contribution < 1.29 is 0 Å². The fraction of sp³-hybridized carbons (Fsp3) is 0.600. The van der Waals surface area contributed by atoms with Crippen LogP contribution in [0.15, 0.2) is 24.3 Å². The van der Waals surface area contributed by atoms with Crippen LogP contribution >= 0.6 is 0 Å². The maximum absolute atomic E-state index is 2.74. The number of aryl methyl sites for hydroxylation is 1. The SMILES string of the molecule is CC[C@]12CCCN(CCc3c(n(C)c4ccccc34)CC1)C2. The molecule has 3 heterocycles. The quantitative estimate of drug-likeness (QED) is 0.767. The number of benzene rings is 1. The Kier molecular flexibility index (Phi) is 3.53. The molecule has 1 unspecified atom stereocenters. The van der Waals surface area contributed by atoms with Crippen molar-refractivity contribution in [2.75, 3.05) is 19.6 Å². The standard InChI is InChI=1S/C20H28N2/c1-3-20-11-6-13-22(15-20)14-10-17-16-7-4-5-8-18(16)21(2)19(17)9-12-20/h4-5,7-8H,3,6,9-15H2,1-2H3/t20-/m0/s1. The molecule has 2 aliphatic heterocycles. The molecule has 1 aromatic carbocycles. The van der Waals surface area contributed by atoms with Gasteiger partial charge in [-0.15, -0.1) is 0 Å². The lowest BCUT2D eigenvalue weighted by atomic mass is 9.74. The average molecular weight is 296 g/mol. The molecule has 2 bridgehead atoms. The highest BCUT2D eigenvalue weighted by Gasteiger charge is 2.35. The van der Waals surface area contributed by atoms with Gasteiger partial charge in [0, 0.05) is 36.7 Å². The van der Waals surface area contributed by atoms with Crippen LogP contribution in [-0.2, 0) is 19.9 Å². The summed E-state index contributed by atoms with van der Waals surface area (Å²) < 4.78 is 2.47. The first kappa shape index (κ1) is 14.3. The van der Waals surface area contributed by atoms with Crippen molar-refractivity contribution in [1.82, 2.24) is 9.47 Å². The van der Waals surface area contributed by atoms with Crippen LogP contribution < -0.4 is 0 Å². The molecule has 2 nitrogen and oxygen atoms in total. The summed E-state index contributed by atoms with van der Waals surface area (Å²) in [7, 11) is 2.27. The van der Waals surface area contributed by atoms with E-state index in [1.807, 2.05) is 0 Å². The second-order valence-electron chi connectivity index (χ2n) is 7.48. The highest BCUT2D eigenvalue weighted by molar-refractivity contribution is 5.85. The van der Waals surface area contributed by atoms with E-state index < -0.39 is 0 Å². The van der Waals surface area contributed by atoms with Gasteiger partial charge in [-0.25, -0.2) is 0 Å². The summed E-state index contributed by atoms with van der Waals surface area (Å²) in [6.45, 7) is 6.28. The zero-order valence-electron chi connectivity index (χ0n) is 14.1. The summed E-state index contributed by atoms with van der Waals surface area (Å²) in [5.74, 6) is 0. The van der Waals surface area contributed by atoms with Crippen molar-refractivity contribution in [3.05, 3.63) is 35.5 Å². The Bertz CT molecular complexity index is 684. The van der Waals surface area contributed by atoms with Gasteiger partial charge in [-0.1, -0.05) is 25.1 Å². The maximum Gasteiger partial charge on any atom is 0.0482 e. The van der Waals surface area contributed by atoms with E-state index in [1.165, 1.54) is 69.1 Å². The second-order valence-corrected chi connectivity index (χ2v) is 7.48. The first-order chi connectivity index (χ1) is 10.7. The van der Waals surface area contributed by atoms with Crippen LogP contribution in [0, 0.1) is 5.41 Å². The summed E-state index contributed by atoms with van der Waals surface area (Å²) in [5.41, 5.74) is 5.20. The van der Waals surface area contributed by atoms with Crippen molar-refractivity contribution in [2.24, 2.45) is 12.5 Å². The molecule has 0 saturated carbocycles. The summed E-state index contributed by atoms with van der Waals surface area (Å²) in [5, 5.41) is 1.49. The monoisotopic (exact) mass is 296 g/mol. The molecule has 2 atom stereocenters. The average Bonchev–Trinajstić information content (AvgIpc) is 2.85. The highest BCUT2D eigenvalue weighted by atomic mass is 15.1. The molecule has 118 valence electrons. The molecule has 4 rings (SSSR count). The van der Waals surface area contributed by atoms with Gasteiger partial charge in [0.05, 0.1) is 0 Å². The van der Waals surface area contributed by atoms with Crippen LogP contribution in [-0.4, -0.2) is 29.1 Å². The normalized spacial score (nSPS) is 28.7. The summed E-state index contributed by atoms with van der Waals surface area (Å²) in [4.78, 5) is 2.74.